The Morgan fingerprint density at radius 1 is 1.44 bits per heavy atom. The molecule has 2 amide bonds. The fourth-order valence-electron chi connectivity index (χ4n) is 2.39. The van der Waals surface area contributed by atoms with E-state index in [2.05, 4.69) is 0 Å². The molecule has 0 fully saturated rings. The third-order valence-electron chi connectivity index (χ3n) is 3.57. The average molecular weight is 249 g/mol. The second kappa shape index (κ2) is 4.84. The fraction of sp³-hybridized carbons (Fsp3) is 0.538. The van der Waals surface area contributed by atoms with Crippen molar-refractivity contribution in [2.45, 2.75) is 26.4 Å². The van der Waals surface area contributed by atoms with Crippen molar-refractivity contribution in [1.82, 2.24) is 14.4 Å². The van der Waals surface area contributed by atoms with E-state index in [1.54, 1.807) is 22.9 Å². The maximum Gasteiger partial charge on any atom is 0.270 e. The summed E-state index contributed by atoms with van der Waals surface area (Å²) in [5.41, 5.74) is 0.654. The quantitative estimate of drug-likeness (QED) is 0.796. The first kappa shape index (κ1) is 12.7. The molecular formula is C13H19N3O2. The maximum absolute atomic E-state index is 12.4. The van der Waals surface area contributed by atoms with E-state index < -0.39 is 6.04 Å². The maximum atomic E-state index is 12.4. The molecule has 1 atom stereocenters. The molecular weight excluding hydrogens is 230 g/mol. The molecule has 0 aliphatic carbocycles. The van der Waals surface area contributed by atoms with Crippen molar-refractivity contribution >= 4 is 11.8 Å². The van der Waals surface area contributed by atoms with Crippen molar-refractivity contribution in [3.05, 3.63) is 24.0 Å². The van der Waals surface area contributed by atoms with Gasteiger partial charge in [0.15, 0.2) is 0 Å². The van der Waals surface area contributed by atoms with Crippen LogP contribution in [-0.4, -0.2) is 52.4 Å². The van der Waals surface area contributed by atoms with Crippen LogP contribution in [0, 0.1) is 0 Å². The van der Waals surface area contributed by atoms with E-state index in [-0.39, 0.29) is 11.8 Å². The van der Waals surface area contributed by atoms with E-state index in [4.69, 9.17) is 0 Å². The van der Waals surface area contributed by atoms with Gasteiger partial charge >= 0.3 is 0 Å². The number of fused-ring (bicyclic) bond motifs is 1. The minimum absolute atomic E-state index is 0.0233. The SMILES string of the molecule is CCN(CC)C(=O)C1Cn2cccc2C(=O)N1C. The Hall–Kier alpha value is -1.78. The molecule has 0 aromatic carbocycles. The molecule has 1 aliphatic rings. The number of likely N-dealkylation sites (N-methyl/N-ethyl adjacent to an activating group) is 2. The van der Waals surface area contributed by atoms with Gasteiger partial charge in [0.05, 0.1) is 6.54 Å². The van der Waals surface area contributed by atoms with Crippen LogP contribution in [0.25, 0.3) is 0 Å². The van der Waals surface area contributed by atoms with Crippen LogP contribution in [0.15, 0.2) is 18.3 Å². The second-order valence-electron chi connectivity index (χ2n) is 4.49. The van der Waals surface area contributed by atoms with E-state index in [0.29, 0.717) is 25.3 Å². The van der Waals surface area contributed by atoms with Crippen LogP contribution in [0.2, 0.25) is 0 Å². The van der Waals surface area contributed by atoms with E-state index in [0.717, 1.165) is 0 Å². The first-order valence-electron chi connectivity index (χ1n) is 6.31. The lowest BCUT2D eigenvalue weighted by atomic mass is 10.1. The van der Waals surface area contributed by atoms with Crippen molar-refractivity contribution in [2.75, 3.05) is 20.1 Å². The van der Waals surface area contributed by atoms with Crippen LogP contribution >= 0.6 is 0 Å². The third kappa shape index (κ3) is 1.89. The van der Waals surface area contributed by atoms with Gasteiger partial charge < -0.3 is 14.4 Å². The lowest BCUT2D eigenvalue weighted by Crippen LogP contribution is -2.54. The summed E-state index contributed by atoms with van der Waals surface area (Å²) in [6.45, 7) is 5.79. The lowest BCUT2D eigenvalue weighted by Gasteiger charge is -2.35. The predicted molar refractivity (Wildman–Crippen MR) is 68.2 cm³/mol. The van der Waals surface area contributed by atoms with E-state index in [1.165, 1.54) is 0 Å². The first-order valence-corrected chi connectivity index (χ1v) is 6.31. The average Bonchev–Trinajstić information content (AvgIpc) is 2.83. The molecule has 0 radical (unpaired) electrons. The molecule has 0 saturated carbocycles. The molecule has 5 nitrogen and oxygen atoms in total. The Kier molecular flexibility index (Phi) is 3.41. The van der Waals surface area contributed by atoms with Gasteiger partial charge in [-0.25, -0.2) is 0 Å². The Morgan fingerprint density at radius 3 is 2.72 bits per heavy atom. The van der Waals surface area contributed by atoms with Gasteiger partial charge in [-0.2, -0.15) is 0 Å². The predicted octanol–water partition coefficient (Wildman–Crippen LogP) is 0.811. The van der Waals surface area contributed by atoms with E-state index >= 15 is 0 Å². The first-order chi connectivity index (χ1) is 8.60. The zero-order valence-corrected chi connectivity index (χ0v) is 11.1. The summed E-state index contributed by atoms with van der Waals surface area (Å²) in [4.78, 5) is 27.8. The van der Waals surface area contributed by atoms with Crippen molar-refractivity contribution in [3.8, 4) is 0 Å². The van der Waals surface area contributed by atoms with Crippen LogP contribution in [0.5, 0.6) is 0 Å². The molecule has 0 N–H and O–H groups in total. The molecule has 2 heterocycles. The van der Waals surface area contributed by atoms with Gasteiger partial charge in [0.25, 0.3) is 5.91 Å². The highest BCUT2D eigenvalue weighted by atomic mass is 16.2. The summed E-state index contributed by atoms with van der Waals surface area (Å²) < 4.78 is 1.86. The molecule has 0 saturated heterocycles. The van der Waals surface area contributed by atoms with Gasteiger partial charge in [-0.1, -0.05) is 0 Å². The summed E-state index contributed by atoms with van der Waals surface area (Å²) in [7, 11) is 1.70. The molecule has 0 bridgehead atoms. The molecule has 2 rings (SSSR count). The monoisotopic (exact) mass is 249 g/mol. The molecule has 98 valence electrons. The third-order valence-corrected chi connectivity index (χ3v) is 3.57. The summed E-state index contributed by atoms with van der Waals surface area (Å²) in [6.07, 6.45) is 1.85. The van der Waals surface area contributed by atoms with Gasteiger partial charge in [0.2, 0.25) is 5.91 Å². The number of amides is 2. The Morgan fingerprint density at radius 2 is 2.11 bits per heavy atom. The summed E-state index contributed by atoms with van der Waals surface area (Å²) in [5.74, 6) is -0.0630. The van der Waals surface area contributed by atoms with E-state index in [1.807, 2.05) is 30.7 Å². The second-order valence-corrected chi connectivity index (χ2v) is 4.49. The van der Waals surface area contributed by atoms with Crippen LogP contribution in [0.3, 0.4) is 0 Å². The Balaban J connectivity index is 2.26. The highest BCUT2D eigenvalue weighted by Gasteiger charge is 2.35. The molecule has 18 heavy (non-hydrogen) atoms. The zero-order chi connectivity index (χ0) is 13.3. The summed E-state index contributed by atoms with van der Waals surface area (Å²) in [6, 6.07) is 3.24. The minimum Gasteiger partial charge on any atom is -0.341 e. The number of hydrogen-bond donors (Lipinski definition) is 0. The number of carbonyl (C=O) groups excluding carboxylic acids is 2. The standard InChI is InChI=1S/C13H19N3O2/c1-4-15(5-2)13(18)11-9-16-8-6-7-10(16)12(17)14(11)3/h6-8,11H,4-5,9H2,1-3H3. The van der Waals surface area contributed by atoms with Crippen LogP contribution in [0.4, 0.5) is 0 Å². The minimum atomic E-state index is -0.391. The molecule has 0 spiro atoms. The topological polar surface area (TPSA) is 45.6 Å². The number of nitrogens with zero attached hydrogens (tertiary/aromatic N) is 3. The van der Waals surface area contributed by atoms with Crippen LogP contribution in [-0.2, 0) is 11.3 Å². The number of rotatable bonds is 3. The van der Waals surface area contributed by atoms with Crippen molar-refractivity contribution in [2.24, 2.45) is 0 Å². The fourth-order valence-corrected chi connectivity index (χ4v) is 2.39. The number of aromatic nitrogens is 1. The van der Waals surface area contributed by atoms with Crippen LogP contribution in [0.1, 0.15) is 24.3 Å². The highest BCUT2D eigenvalue weighted by molar-refractivity contribution is 5.97. The van der Waals surface area contributed by atoms with Gasteiger partial charge in [-0.15, -0.1) is 0 Å². The highest BCUT2D eigenvalue weighted by Crippen LogP contribution is 2.18. The largest absolute Gasteiger partial charge is 0.341 e. The zero-order valence-electron chi connectivity index (χ0n) is 11.1. The van der Waals surface area contributed by atoms with Crippen molar-refractivity contribution in [3.63, 3.8) is 0 Å². The van der Waals surface area contributed by atoms with Crippen molar-refractivity contribution in [1.29, 1.82) is 0 Å². The smallest absolute Gasteiger partial charge is 0.270 e. The Labute approximate surface area is 107 Å². The van der Waals surface area contributed by atoms with E-state index in [9.17, 15) is 9.59 Å². The van der Waals surface area contributed by atoms with Gasteiger partial charge in [0, 0.05) is 26.3 Å². The van der Waals surface area contributed by atoms with Crippen LogP contribution < -0.4 is 0 Å². The number of carbonyl (C=O) groups is 2. The summed E-state index contributed by atoms with van der Waals surface area (Å²) in [5, 5.41) is 0. The molecule has 1 aromatic rings. The Bertz CT molecular complexity index is 463. The normalized spacial score (nSPS) is 18.7. The summed E-state index contributed by atoms with van der Waals surface area (Å²) >= 11 is 0. The molecule has 1 unspecified atom stereocenters. The molecule has 1 aliphatic heterocycles. The van der Waals surface area contributed by atoms with Gasteiger partial charge in [0.1, 0.15) is 11.7 Å². The molecule has 5 heteroatoms. The number of hydrogen-bond acceptors (Lipinski definition) is 2. The van der Waals surface area contributed by atoms with Gasteiger partial charge in [-0.3, -0.25) is 9.59 Å². The molecule has 1 aromatic heterocycles. The van der Waals surface area contributed by atoms with Crippen molar-refractivity contribution < 1.29 is 9.59 Å². The van der Waals surface area contributed by atoms with Gasteiger partial charge in [-0.05, 0) is 26.0 Å². The lowest BCUT2D eigenvalue weighted by molar-refractivity contribution is -0.136.